The summed E-state index contributed by atoms with van der Waals surface area (Å²) in [7, 11) is 0. The van der Waals surface area contributed by atoms with E-state index < -0.39 is 0 Å². The lowest BCUT2D eigenvalue weighted by atomic mass is 9.35. The van der Waals surface area contributed by atoms with Gasteiger partial charge in [-0.05, 0) is 108 Å². The van der Waals surface area contributed by atoms with Crippen LogP contribution in [0.4, 0.5) is 0 Å². The summed E-state index contributed by atoms with van der Waals surface area (Å²) >= 11 is 3.87. The van der Waals surface area contributed by atoms with E-state index in [0.717, 1.165) is 0 Å². The van der Waals surface area contributed by atoms with Crippen LogP contribution < -0.4 is 16.4 Å². The van der Waals surface area contributed by atoms with Crippen LogP contribution in [0.25, 0.3) is 95.3 Å². The fourth-order valence-electron chi connectivity index (χ4n) is 9.07. The van der Waals surface area contributed by atoms with Gasteiger partial charge in [0, 0.05) is 29.6 Å². The van der Waals surface area contributed by atoms with Gasteiger partial charge in [0.05, 0.1) is 0 Å². The average molecular weight is 627 g/mol. The van der Waals surface area contributed by atoms with Crippen LogP contribution in [0.2, 0.25) is 0 Å². The molecule has 214 valence electrons. The first kappa shape index (κ1) is 24.9. The van der Waals surface area contributed by atoms with Crippen molar-refractivity contribution < 1.29 is 0 Å². The number of rotatable bonds is 1. The molecule has 0 fully saturated rings. The Morgan fingerprint density at radius 1 is 0.383 bits per heavy atom. The summed E-state index contributed by atoms with van der Waals surface area (Å²) in [6.45, 7) is 0.126. The molecule has 0 bridgehead atoms. The van der Waals surface area contributed by atoms with E-state index >= 15 is 0 Å². The molecule has 0 radical (unpaired) electrons. The fraction of sp³-hybridized carbons (Fsp3) is 0. The van der Waals surface area contributed by atoms with E-state index in [4.69, 9.17) is 0 Å². The van der Waals surface area contributed by atoms with Crippen molar-refractivity contribution in [2.75, 3.05) is 0 Å². The predicted molar refractivity (Wildman–Crippen MR) is 208 cm³/mol. The molecule has 3 heteroatoms. The second-order valence-electron chi connectivity index (χ2n) is 13.1. The monoisotopic (exact) mass is 626 g/mol. The third-order valence-corrected chi connectivity index (χ3v) is 13.1. The van der Waals surface area contributed by atoms with Crippen LogP contribution in [0.5, 0.6) is 0 Å². The van der Waals surface area contributed by atoms with Crippen LogP contribution in [-0.4, -0.2) is 6.71 Å². The lowest BCUT2D eigenvalue weighted by Crippen LogP contribution is -2.52. The molecule has 2 aliphatic rings. The lowest BCUT2D eigenvalue weighted by Gasteiger charge is -2.23. The maximum absolute atomic E-state index is 2.54. The Bertz CT molecular complexity index is 2830. The summed E-state index contributed by atoms with van der Waals surface area (Å²) in [5, 5.41) is 10.9. The topological polar surface area (TPSA) is 0 Å². The number of hydrogen-bond donors (Lipinski definition) is 0. The van der Waals surface area contributed by atoms with Crippen molar-refractivity contribution in [1.29, 1.82) is 0 Å². The van der Waals surface area contributed by atoms with Crippen LogP contribution in [0, 0.1) is 0 Å². The summed E-state index contributed by atoms with van der Waals surface area (Å²) in [4.78, 5) is 0. The summed E-state index contributed by atoms with van der Waals surface area (Å²) in [5.41, 5.74) is 12.4. The fourth-order valence-corrected chi connectivity index (χ4v) is 11.4. The van der Waals surface area contributed by atoms with E-state index in [2.05, 4.69) is 140 Å². The van der Waals surface area contributed by atoms with Gasteiger partial charge in [-0.15, -0.1) is 22.7 Å². The summed E-state index contributed by atoms with van der Waals surface area (Å²) in [5.74, 6) is 0. The van der Waals surface area contributed by atoms with Crippen LogP contribution in [0.15, 0.2) is 140 Å². The Kier molecular flexibility index (Phi) is 4.66. The Hall–Kier alpha value is -5.22. The highest BCUT2D eigenvalue weighted by molar-refractivity contribution is 7.27. The van der Waals surface area contributed by atoms with Gasteiger partial charge in [-0.2, -0.15) is 0 Å². The molecule has 10 aromatic rings. The molecule has 0 saturated heterocycles. The summed E-state index contributed by atoms with van der Waals surface area (Å²) in [6, 6.07) is 53.3. The molecule has 0 saturated carbocycles. The largest absolute Gasteiger partial charge is 0.244 e. The molecule has 2 aromatic heterocycles. The second-order valence-corrected chi connectivity index (χ2v) is 15.3. The van der Waals surface area contributed by atoms with Gasteiger partial charge < -0.3 is 0 Å². The maximum Gasteiger partial charge on any atom is 0.244 e. The highest BCUT2D eigenvalue weighted by Crippen LogP contribution is 2.48. The first-order chi connectivity index (χ1) is 23.3. The summed E-state index contributed by atoms with van der Waals surface area (Å²) in [6.07, 6.45) is 0. The minimum atomic E-state index is 0.126. The highest BCUT2D eigenvalue weighted by Gasteiger charge is 2.38. The minimum absolute atomic E-state index is 0.126. The normalized spacial score (nSPS) is 13.1. The molecule has 0 aliphatic carbocycles. The quantitative estimate of drug-likeness (QED) is 0.126. The number of thiophene rings is 2. The summed E-state index contributed by atoms with van der Waals surface area (Å²) < 4.78 is 5.49. The van der Waals surface area contributed by atoms with Crippen molar-refractivity contribution in [3.63, 3.8) is 0 Å². The standard InChI is InChI=1S/C44H23BS2/c1-3-11-27-24(9-1)21-25-10-2-4-12-28(25)39(27)26-22-31-29-13-5-17-35-40(29)42-33(15-7-19-37(42)46-35)45-34-16-8-20-38-43(34)41-30(32(23-26)44(31)45)14-6-18-36(41)47-38/h1-23H. The van der Waals surface area contributed by atoms with E-state index in [1.165, 1.54) is 112 Å². The molecule has 0 nitrogen and oxygen atoms in total. The van der Waals surface area contributed by atoms with Gasteiger partial charge in [0.2, 0.25) is 6.71 Å². The molecule has 0 atom stereocenters. The van der Waals surface area contributed by atoms with Gasteiger partial charge in [-0.3, -0.25) is 0 Å². The molecule has 2 aliphatic heterocycles. The van der Waals surface area contributed by atoms with E-state index in [1.54, 1.807) is 0 Å². The Labute approximate surface area is 279 Å². The molecule has 4 heterocycles. The van der Waals surface area contributed by atoms with E-state index in [1.807, 2.05) is 22.7 Å². The molecule has 0 spiro atoms. The molecule has 47 heavy (non-hydrogen) atoms. The van der Waals surface area contributed by atoms with Crippen molar-refractivity contribution in [3.05, 3.63) is 140 Å². The Balaban J connectivity index is 1.35. The number of fused-ring (bicyclic) bond motifs is 6. The molecule has 12 rings (SSSR count). The van der Waals surface area contributed by atoms with Gasteiger partial charge in [0.1, 0.15) is 0 Å². The molecule has 8 aromatic carbocycles. The molecular formula is C44H23BS2. The zero-order chi connectivity index (χ0) is 30.4. The highest BCUT2D eigenvalue weighted by atomic mass is 32.1. The second kappa shape index (κ2) is 8.77. The first-order valence-corrected chi connectivity index (χ1v) is 17.9. The Morgan fingerprint density at radius 3 is 1.38 bits per heavy atom. The zero-order valence-corrected chi connectivity index (χ0v) is 26.8. The lowest BCUT2D eigenvalue weighted by molar-refractivity contribution is 1.66. The SMILES string of the molecule is c1ccc2c(-c3cc4c5c(c3)-c3cccc6sc7cccc(c7c36)B5c3cccc5sc6cccc-4c6c35)c3ccccc3cc2c1. The van der Waals surface area contributed by atoms with Gasteiger partial charge in [0.15, 0.2) is 0 Å². The smallest absolute Gasteiger partial charge is 0.135 e. The first-order valence-electron chi connectivity index (χ1n) is 16.3. The number of hydrogen-bond acceptors (Lipinski definition) is 2. The van der Waals surface area contributed by atoms with Crippen LogP contribution in [0.3, 0.4) is 0 Å². The van der Waals surface area contributed by atoms with Crippen LogP contribution >= 0.6 is 22.7 Å². The third-order valence-electron chi connectivity index (χ3n) is 10.8. The van der Waals surface area contributed by atoms with Gasteiger partial charge in [-0.25, -0.2) is 0 Å². The van der Waals surface area contributed by atoms with Gasteiger partial charge in [0.25, 0.3) is 0 Å². The van der Waals surface area contributed by atoms with E-state index in [9.17, 15) is 0 Å². The predicted octanol–water partition coefficient (Wildman–Crippen LogP) is 10.9. The number of benzene rings is 8. The van der Waals surface area contributed by atoms with Crippen molar-refractivity contribution in [2.24, 2.45) is 0 Å². The Morgan fingerprint density at radius 2 is 0.851 bits per heavy atom. The van der Waals surface area contributed by atoms with Crippen molar-refractivity contribution in [3.8, 4) is 33.4 Å². The van der Waals surface area contributed by atoms with Gasteiger partial charge >= 0.3 is 0 Å². The van der Waals surface area contributed by atoms with Crippen molar-refractivity contribution in [2.45, 2.75) is 0 Å². The molecular weight excluding hydrogens is 603 g/mol. The average Bonchev–Trinajstić information content (AvgIpc) is 3.62. The van der Waals surface area contributed by atoms with Crippen molar-refractivity contribution >= 4 is 108 Å². The maximum atomic E-state index is 2.54. The van der Waals surface area contributed by atoms with Gasteiger partial charge in [-0.1, -0.05) is 113 Å². The molecule has 0 unspecified atom stereocenters. The van der Waals surface area contributed by atoms with Crippen LogP contribution in [-0.2, 0) is 0 Å². The van der Waals surface area contributed by atoms with Crippen molar-refractivity contribution in [1.82, 2.24) is 0 Å². The van der Waals surface area contributed by atoms with E-state index in [-0.39, 0.29) is 6.71 Å². The van der Waals surface area contributed by atoms with E-state index in [0.29, 0.717) is 0 Å². The van der Waals surface area contributed by atoms with Crippen LogP contribution in [0.1, 0.15) is 0 Å². The minimum Gasteiger partial charge on any atom is -0.135 e. The third kappa shape index (κ3) is 3.10. The molecule has 0 N–H and O–H groups in total. The molecule has 0 amide bonds. The zero-order valence-electron chi connectivity index (χ0n) is 25.2.